The van der Waals surface area contributed by atoms with E-state index in [0.29, 0.717) is 6.07 Å². The normalized spacial score (nSPS) is 12.9. The molecule has 7 heteroatoms. The number of halogens is 3. The molecule has 1 rings (SSSR count). The summed E-state index contributed by atoms with van der Waals surface area (Å²) in [6.07, 6.45) is -4.67. The van der Waals surface area contributed by atoms with Gasteiger partial charge in [0.2, 0.25) is 5.91 Å². The Bertz CT molecular complexity index is 547. The molecule has 0 radical (unpaired) electrons. The number of hydrogen-bond acceptors (Lipinski definition) is 3. The lowest BCUT2D eigenvalue weighted by Crippen LogP contribution is -2.40. The number of amides is 1. The molecular formula is C13H14F3N3O. The fourth-order valence-electron chi connectivity index (χ4n) is 1.48. The zero-order chi connectivity index (χ0) is 15.5. The zero-order valence-electron chi connectivity index (χ0n) is 11.0. The molecule has 0 aromatic heterocycles. The second-order valence-corrected chi connectivity index (χ2v) is 4.63. The summed E-state index contributed by atoms with van der Waals surface area (Å²) in [5.41, 5.74) is 3.97. The highest BCUT2D eigenvalue weighted by Gasteiger charge is 2.34. The molecular weight excluding hydrogens is 271 g/mol. The Hall–Kier alpha value is -2.07. The summed E-state index contributed by atoms with van der Waals surface area (Å²) in [7, 11) is 0. The molecule has 0 heterocycles. The Morgan fingerprint density at radius 1 is 1.40 bits per heavy atom. The van der Waals surface area contributed by atoms with Crippen LogP contribution in [0.1, 0.15) is 25.0 Å². The summed E-state index contributed by atoms with van der Waals surface area (Å²) in [4.78, 5) is 11.7. The molecule has 0 saturated heterocycles. The number of nitrogens with one attached hydrogen (secondary N) is 1. The van der Waals surface area contributed by atoms with Crippen molar-refractivity contribution in [2.24, 2.45) is 11.7 Å². The molecule has 108 valence electrons. The van der Waals surface area contributed by atoms with Crippen LogP contribution in [0.25, 0.3) is 0 Å². The maximum absolute atomic E-state index is 12.9. The fraction of sp³-hybridized carbons (Fsp3) is 0.385. The molecule has 0 aliphatic rings. The Morgan fingerprint density at radius 3 is 2.45 bits per heavy atom. The summed E-state index contributed by atoms with van der Waals surface area (Å²) in [6.45, 7) is 3.38. The Labute approximate surface area is 114 Å². The van der Waals surface area contributed by atoms with Crippen LogP contribution in [-0.4, -0.2) is 11.9 Å². The number of carbonyl (C=O) groups excluding carboxylic acids is 1. The first-order valence-corrected chi connectivity index (χ1v) is 5.84. The van der Waals surface area contributed by atoms with Crippen molar-refractivity contribution in [1.29, 1.82) is 5.26 Å². The van der Waals surface area contributed by atoms with E-state index >= 15 is 0 Å². The number of hydrogen-bond donors (Lipinski definition) is 2. The van der Waals surface area contributed by atoms with Crippen molar-refractivity contribution in [1.82, 2.24) is 0 Å². The van der Waals surface area contributed by atoms with E-state index < -0.39 is 29.4 Å². The zero-order valence-corrected chi connectivity index (χ0v) is 11.0. The molecule has 4 nitrogen and oxygen atoms in total. The van der Waals surface area contributed by atoms with Crippen molar-refractivity contribution >= 4 is 11.6 Å². The van der Waals surface area contributed by atoms with Crippen molar-refractivity contribution in [2.45, 2.75) is 26.1 Å². The second-order valence-electron chi connectivity index (χ2n) is 4.63. The van der Waals surface area contributed by atoms with E-state index in [1.54, 1.807) is 19.9 Å². The van der Waals surface area contributed by atoms with Crippen LogP contribution >= 0.6 is 0 Å². The molecule has 0 saturated carbocycles. The standard InChI is InChI=1S/C13H14F3N3O/c1-7(2)11(18)12(20)19-10-4-3-8(6-17)5-9(10)13(14,15)16/h3-5,7,11H,18H2,1-2H3,(H,19,20). The Morgan fingerprint density at radius 2 is 2.00 bits per heavy atom. The van der Waals surface area contributed by atoms with Gasteiger partial charge in [-0.2, -0.15) is 18.4 Å². The van der Waals surface area contributed by atoms with E-state index in [1.807, 2.05) is 0 Å². The van der Waals surface area contributed by atoms with E-state index in [2.05, 4.69) is 5.32 Å². The quantitative estimate of drug-likeness (QED) is 0.895. The largest absolute Gasteiger partial charge is 0.418 e. The monoisotopic (exact) mass is 285 g/mol. The van der Waals surface area contributed by atoms with Crippen LogP contribution in [0, 0.1) is 17.2 Å². The van der Waals surface area contributed by atoms with Crippen LogP contribution in [0.15, 0.2) is 18.2 Å². The highest BCUT2D eigenvalue weighted by molar-refractivity contribution is 5.95. The SMILES string of the molecule is CC(C)C(N)C(=O)Nc1ccc(C#N)cc1C(F)(F)F. The van der Waals surface area contributed by atoms with Crippen LogP contribution in [0.5, 0.6) is 0 Å². The fourth-order valence-corrected chi connectivity index (χ4v) is 1.48. The lowest BCUT2D eigenvalue weighted by molar-refractivity contribution is -0.137. The molecule has 1 aromatic rings. The lowest BCUT2D eigenvalue weighted by Gasteiger charge is -2.18. The molecule has 0 fully saturated rings. The van der Waals surface area contributed by atoms with Crippen molar-refractivity contribution < 1.29 is 18.0 Å². The van der Waals surface area contributed by atoms with Crippen molar-refractivity contribution in [3.05, 3.63) is 29.3 Å². The first-order chi connectivity index (χ1) is 9.16. The van der Waals surface area contributed by atoms with E-state index in [0.717, 1.165) is 6.07 Å². The van der Waals surface area contributed by atoms with Gasteiger partial charge in [0.05, 0.1) is 28.9 Å². The van der Waals surface area contributed by atoms with E-state index in [-0.39, 0.29) is 11.5 Å². The number of benzene rings is 1. The smallest absolute Gasteiger partial charge is 0.324 e. The topological polar surface area (TPSA) is 78.9 Å². The minimum Gasteiger partial charge on any atom is -0.324 e. The van der Waals surface area contributed by atoms with Gasteiger partial charge in [0.15, 0.2) is 0 Å². The minimum absolute atomic E-state index is 0.136. The minimum atomic E-state index is -4.67. The molecule has 1 aromatic carbocycles. The molecule has 0 aliphatic heterocycles. The van der Waals surface area contributed by atoms with Crippen molar-refractivity contribution in [2.75, 3.05) is 5.32 Å². The third kappa shape index (κ3) is 3.71. The molecule has 0 aliphatic carbocycles. The van der Waals surface area contributed by atoms with E-state index in [1.165, 1.54) is 6.07 Å². The van der Waals surface area contributed by atoms with Crippen LogP contribution < -0.4 is 11.1 Å². The van der Waals surface area contributed by atoms with E-state index in [4.69, 9.17) is 11.0 Å². The number of anilines is 1. The summed E-state index contributed by atoms with van der Waals surface area (Å²) in [5.74, 6) is -0.905. The molecule has 20 heavy (non-hydrogen) atoms. The molecule has 1 atom stereocenters. The van der Waals surface area contributed by atoms with Crippen LogP contribution in [0.4, 0.5) is 18.9 Å². The van der Waals surface area contributed by atoms with Gasteiger partial charge in [-0.1, -0.05) is 13.8 Å². The molecule has 1 amide bonds. The summed E-state index contributed by atoms with van der Waals surface area (Å²) in [6, 6.07) is 3.65. The Balaban J connectivity index is 3.13. The maximum Gasteiger partial charge on any atom is 0.418 e. The van der Waals surface area contributed by atoms with Gasteiger partial charge in [-0.05, 0) is 24.1 Å². The number of nitrogens with zero attached hydrogens (tertiary/aromatic N) is 1. The molecule has 1 unspecified atom stereocenters. The van der Waals surface area contributed by atoms with Gasteiger partial charge in [-0.3, -0.25) is 4.79 Å². The maximum atomic E-state index is 12.9. The van der Waals surface area contributed by atoms with Crippen molar-refractivity contribution in [3.8, 4) is 6.07 Å². The second kappa shape index (κ2) is 5.92. The van der Waals surface area contributed by atoms with Crippen LogP contribution in [0.3, 0.4) is 0 Å². The first kappa shape index (κ1) is 16.0. The highest BCUT2D eigenvalue weighted by atomic mass is 19.4. The lowest BCUT2D eigenvalue weighted by atomic mass is 10.0. The highest BCUT2D eigenvalue weighted by Crippen LogP contribution is 2.35. The number of nitriles is 1. The number of rotatable bonds is 3. The third-order valence-electron chi connectivity index (χ3n) is 2.73. The van der Waals surface area contributed by atoms with Gasteiger partial charge >= 0.3 is 6.18 Å². The van der Waals surface area contributed by atoms with Gasteiger partial charge in [-0.15, -0.1) is 0 Å². The van der Waals surface area contributed by atoms with Gasteiger partial charge in [0.1, 0.15) is 0 Å². The van der Waals surface area contributed by atoms with Crippen LogP contribution in [-0.2, 0) is 11.0 Å². The first-order valence-electron chi connectivity index (χ1n) is 5.84. The van der Waals surface area contributed by atoms with Crippen molar-refractivity contribution in [3.63, 3.8) is 0 Å². The summed E-state index contributed by atoms with van der Waals surface area (Å²) < 4.78 is 38.6. The predicted molar refractivity (Wildman–Crippen MR) is 67.6 cm³/mol. The molecule has 3 N–H and O–H groups in total. The molecule has 0 spiro atoms. The van der Waals surface area contributed by atoms with Gasteiger partial charge < -0.3 is 11.1 Å². The number of nitrogens with two attached hydrogens (primary N) is 1. The average Bonchev–Trinajstić information content (AvgIpc) is 2.36. The van der Waals surface area contributed by atoms with Crippen LogP contribution in [0.2, 0.25) is 0 Å². The van der Waals surface area contributed by atoms with Gasteiger partial charge in [0.25, 0.3) is 0 Å². The predicted octanol–water partition coefficient (Wildman–Crippen LogP) is 2.50. The summed E-state index contributed by atoms with van der Waals surface area (Å²) >= 11 is 0. The average molecular weight is 285 g/mol. The van der Waals surface area contributed by atoms with Gasteiger partial charge in [-0.25, -0.2) is 0 Å². The number of alkyl halides is 3. The van der Waals surface area contributed by atoms with Gasteiger partial charge in [0, 0.05) is 0 Å². The molecule has 0 bridgehead atoms. The summed E-state index contributed by atoms with van der Waals surface area (Å²) in [5, 5.41) is 10.8. The Kier molecular flexibility index (Phi) is 4.73. The number of carbonyl (C=O) groups is 1. The third-order valence-corrected chi connectivity index (χ3v) is 2.73. The van der Waals surface area contributed by atoms with E-state index in [9.17, 15) is 18.0 Å².